The van der Waals surface area contributed by atoms with E-state index in [4.69, 9.17) is 0 Å². The number of amides is 1. The quantitative estimate of drug-likeness (QED) is 0.697. The highest BCUT2D eigenvalue weighted by Gasteiger charge is 2.30. The molecule has 7 heteroatoms. The van der Waals surface area contributed by atoms with Gasteiger partial charge < -0.3 is 5.32 Å². The molecule has 1 aliphatic heterocycles. The summed E-state index contributed by atoms with van der Waals surface area (Å²) in [5.41, 5.74) is 0.894. The summed E-state index contributed by atoms with van der Waals surface area (Å²) in [4.78, 5) is 15.2. The van der Waals surface area contributed by atoms with E-state index in [0.29, 0.717) is 24.5 Å². The third-order valence-electron chi connectivity index (χ3n) is 5.17. The molecule has 1 heterocycles. The molecule has 1 atom stereocenters. The molecule has 6 nitrogen and oxygen atoms in total. The lowest BCUT2D eigenvalue weighted by atomic mass is 10.0. The van der Waals surface area contributed by atoms with Crippen LogP contribution in [0, 0.1) is 5.92 Å². The standard InChI is InChI=1S/C20H33N3O3S/c1-5-23(6-2)27(25,26)18-11-9-17(10-12-18)15-21-20(24)19(16(3)4)22-13-7-8-14-22/h9-12,16,19H,5-8,13-15H2,1-4H3,(H,21,24). The van der Waals surface area contributed by atoms with Crippen LogP contribution in [0.2, 0.25) is 0 Å². The fourth-order valence-corrected chi connectivity index (χ4v) is 5.15. The Balaban J connectivity index is 2.01. The third kappa shape index (κ3) is 5.30. The lowest BCUT2D eigenvalue weighted by Gasteiger charge is -2.29. The van der Waals surface area contributed by atoms with Crippen molar-refractivity contribution in [2.45, 2.75) is 58.0 Å². The van der Waals surface area contributed by atoms with Crippen molar-refractivity contribution in [3.63, 3.8) is 0 Å². The van der Waals surface area contributed by atoms with Gasteiger partial charge in [-0.1, -0.05) is 39.8 Å². The molecule has 0 aliphatic carbocycles. The Morgan fingerprint density at radius 1 is 1.11 bits per heavy atom. The number of nitrogens with one attached hydrogen (secondary N) is 1. The summed E-state index contributed by atoms with van der Waals surface area (Å²) in [6, 6.07) is 6.69. The monoisotopic (exact) mass is 395 g/mol. The Labute approximate surface area is 164 Å². The fourth-order valence-electron chi connectivity index (χ4n) is 3.70. The molecule has 0 aromatic heterocycles. The van der Waals surface area contributed by atoms with Crippen molar-refractivity contribution in [3.8, 4) is 0 Å². The molecule has 1 N–H and O–H groups in total. The van der Waals surface area contributed by atoms with Crippen molar-refractivity contribution in [3.05, 3.63) is 29.8 Å². The topological polar surface area (TPSA) is 69.7 Å². The summed E-state index contributed by atoms with van der Waals surface area (Å²) in [6.45, 7) is 11.1. The van der Waals surface area contributed by atoms with Crippen LogP contribution in [-0.4, -0.2) is 55.8 Å². The van der Waals surface area contributed by atoms with Crippen LogP contribution in [0.1, 0.15) is 46.1 Å². The van der Waals surface area contributed by atoms with E-state index in [0.717, 1.165) is 31.5 Å². The van der Waals surface area contributed by atoms with Crippen molar-refractivity contribution < 1.29 is 13.2 Å². The van der Waals surface area contributed by atoms with Crippen molar-refractivity contribution >= 4 is 15.9 Å². The predicted molar refractivity (Wildman–Crippen MR) is 108 cm³/mol. The predicted octanol–water partition coefficient (Wildman–Crippen LogP) is 2.45. The molecule has 0 spiro atoms. The Bertz CT molecular complexity index is 706. The van der Waals surface area contributed by atoms with E-state index in [9.17, 15) is 13.2 Å². The molecule has 1 amide bonds. The number of nitrogens with zero attached hydrogens (tertiary/aromatic N) is 2. The van der Waals surface area contributed by atoms with E-state index in [1.54, 1.807) is 24.3 Å². The van der Waals surface area contributed by atoms with Gasteiger partial charge in [0.05, 0.1) is 10.9 Å². The smallest absolute Gasteiger partial charge is 0.243 e. The maximum atomic E-state index is 12.7. The van der Waals surface area contributed by atoms with Crippen molar-refractivity contribution in [1.29, 1.82) is 0 Å². The molecule has 1 unspecified atom stereocenters. The molecular formula is C20H33N3O3S. The van der Waals surface area contributed by atoms with Gasteiger partial charge in [0.1, 0.15) is 0 Å². The minimum atomic E-state index is -3.45. The Morgan fingerprint density at radius 2 is 1.67 bits per heavy atom. The zero-order chi connectivity index (χ0) is 20.0. The molecule has 1 fully saturated rings. The van der Waals surface area contributed by atoms with Gasteiger partial charge in [-0.05, 0) is 49.5 Å². The molecule has 0 bridgehead atoms. The van der Waals surface area contributed by atoms with Crippen LogP contribution in [0.25, 0.3) is 0 Å². The van der Waals surface area contributed by atoms with E-state index in [1.807, 2.05) is 13.8 Å². The minimum Gasteiger partial charge on any atom is -0.351 e. The average molecular weight is 396 g/mol. The molecule has 27 heavy (non-hydrogen) atoms. The first-order chi connectivity index (χ1) is 12.8. The van der Waals surface area contributed by atoms with Crippen LogP contribution in [-0.2, 0) is 21.4 Å². The van der Waals surface area contributed by atoms with Crippen LogP contribution in [0.15, 0.2) is 29.2 Å². The molecule has 1 aromatic rings. The number of carbonyl (C=O) groups is 1. The van der Waals surface area contributed by atoms with Gasteiger partial charge in [-0.2, -0.15) is 4.31 Å². The van der Waals surface area contributed by atoms with E-state index in [-0.39, 0.29) is 17.9 Å². The molecule has 1 aliphatic rings. The summed E-state index contributed by atoms with van der Waals surface area (Å²) >= 11 is 0. The van der Waals surface area contributed by atoms with E-state index in [2.05, 4.69) is 24.1 Å². The molecular weight excluding hydrogens is 362 g/mol. The first-order valence-electron chi connectivity index (χ1n) is 9.92. The van der Waals surface area contributed by atoms with E-state index in [1.165, 1.54) is 4.31 Å². The van der Waals surface area contributed by atoms with Gasteiger partial charge >= 0.3 is 0 Å². The maximum absolute atomic E-state index is 12.7. The Kier molecular flexibility index (Phi) is 7.82. The number of carbonyl (C=O) groups excluding carboxylic acids is 1. The lowest BCUT2D eigenvalue weighted by Crippen LogP contribution is -2.48. The van der Waals surface area contributed by atoms with Gasteiger partial charge in [0.15, 0.2) is 0 Å². The van der Waals surface area contributed by atoms with Gasteiger partial charge in [-0.3, -0.25) is 9.69 Å². The SMILES string of the molecule is CCN(CC)S(=O)(=O)c1ccc(CNC(=O)C(C(C)C)N2CCCC2)cc1. The number of benzene rings is 1. The molecule has 2 rings (SSSR count). The van der Waals surface area contributed by atoms with Gasteiger partial charge in [0.2, 0.25) is 15.9 Å². The first kappa shape index (κ1) is 21.9. The molecule has 0 radical (unpaired) electrons. The van der Waals surface area contributed by atoms with Crippen LogP contribution < -0.4 is 5.32 Å². The van der Waals surface area contributed by atoms with Gasteiger partial charge in [0.25, 0.3) is 0 Å². The molecule has 1 saturated heterocycles. The van der Waals surface area contributed by atoms with E-state index >= 15 is 0 Å². The normalized spacial score (nSPS) is 16.8. The van der Waals surface area contributed by atoms with E-state index < -0.39 is 10.0 Å². The second-order valence-electron chi connectivity index (χ2n) is 7.38. The van der Waals surface area contributed by atoms with Gasteiger partial charge in [-0.15, -0.1) is 0 Å². The Hall–Kier alpha value is -1.44. The number of sulfonamides is 1. The van der Waals surface area contributed by atoms with Crippen LogP contribution >= 0.6 is 0 Å². The van der Waals surface area contributed by atoms with Crippen molar-refractivity contribution in [1.82, 2.24) is 14.5 Å². The lowest BCUT2D eigenvalue weighted by molar-refractivity contribution is -0.127. The first-order valence-corrected chi connectivity index (χ1v) is 11.4. The number of hydrogen-bond acceptors (Lipinski definition) is 4. The van der Waals surface area contributed by atoms with Gasteiger partial charge in [0, 0.05) is 19.6 Å². The zero-order valence-electron chi connectivity index (χ0n) is 16.9. The highest BCUT2D eigenvalue weighted by Crippen LogP contribution is 2.19. The third-order valence-corrected chi connectivity index (χ3v) is 7.23. The van der Waals surface area contributed by atoms with Crippen LogP contribution in [0.3, 0.4) is 0 Å². The van der Waals surface area contributed by atoms with Crippen LogP contribution in [0.4, 0.5) is 0 Å². The van der Waals surface area contributed by atoms with Crippen molar-refractivity contribution in [2.75, 3.05) is 26.2 Å². The number of rotatable bonds is 9. The number of hydrogen-bond donors (Lipinski definition) is 1. The summed E-state index contributed by atoms with van der Waals surface area (Å²) in [7, 11) is -3.45. The second-order valence-corrected chi connectivity index (χ2v) is 9.32. The summed E-state index contributed by atoms with van der Waals surface area (Å²) in [6.07, 6.45) is 2.30. The van der Waals surface area contributed by atoms with Crippen molar-refractivity contribution in [2.24, 2.45) is 5.92 Å². The largest absolute Gasteiger partial charge is 0.351 e. The summed E-state index contributed by atoms with van der Waals surface area (Å²) in [5.74, 6) is 0.302. The highest BCUT2D eigenvalue weighted by atomic mass is 32.2. The maximum Gasteiger partial charge on any atom is 0.243 e. The van der Waals surface area contributed by atoms with Crippen LogP contribution in [0.5, 0.6) is 0 Å². The highest BCUT2D eigenvalue weighted by molar-refractivity contribution is 7.89. The van der Waals surface area contributed by atoms with Gasteiger partial charge in [-0.25, -0.2) is 8.42 Å². The molecule has 0 saturated carbocycles. The average Bonchev–Trinajstić information content (AvgIpc) is 3.15. The number of likely N-dealkylation sites (tertiary alicyclic amines) is 1. The zero-order valence-corrected chi connectivity index (χ0v) is 17.8. The summed E-state index contributed by atoms with van der Waals surface area (Å²) in [5, 5.41) is 3.02. The fraction of sp³-hybridized carbons (Fsp3) is 0.650. The summed E-state index contributed by atoms with van der Waals surface area (Å²) < 4.78 is 26.5. The molecule has 152 valence electrons. The molecule has 1 aromatic carbocycles. The Morgan fingerprint density at radius 3 is 2.15 bits per heavy atom. The minimum absolute atomic E-state index is 0.0479. The second kappa shape index (κ2) is 9.66.